The summed E-state index contributed by atoms with van der Waals surface area (Å²) < 4.78 is 5.09. The number of anilines is 1. The van der Waals surface area contributed by atoms with E-state index in [-0.39, 0.29) is 27.9 Å². The van der Waals surface area contributed by atoms with Crippen molar-refractivity contribution < 1.29 is 24.2 Å². The second-order valence-electron chi connectivity index (χ2n) is 7.63. The van der Waals surface area contributed by atoms with Crippen LogP contribution in [0.25, 0.3) is 5.76 Å². The second kappa shape index (κ2) is 9.56. The van der Waals surface area contributed by atoms with E-state index in [1.165, 1.54) is 17.3 Å². The number of hydrogen-bond donors (Lipinski definition) is 1. The normalized spacial score (nSPS) is 17.3. The highest BCUT2D eigenvalue weighted by atomic mass is 32.1. The zero-order valence-corrected chi connectivity index (χ0v) is 19.8. The number of rotatable bonds is 6. The van der Waals surface area contributed by atoms with Gasteiger partial charge in [0.05, 0.1) is 23.9 Å². The highest BCUT2D eigenvalue weighted by Gasteiger charge is 2.48. The second-order valence-corrected chi connectivity index (χ2v) is 8.61. The number of aliphatic hydroxyl groups is 1. The number of aliphatic hydroxyl groups excluding tert-OH is 1. The van der Waals surface area contributed by atoms with Crippen molar-refractivity contribution >= 4 is 39.9 Å². The molecule has 1 N–H and O–H groups in total. The van der Waals surface area contributed by atoms with Crippen LogP contribution in [0.2, 0.25) is 0 Å². The number of ketones is 1. The molecular weight excluding hydrogens is 454 g/mol. The average Bonchev–Trinajstić information content (AvgIpc) is 3.36. The van der Waals surface area contributed by atoms with Crippen molar-refractivity contribution in [2.45, 2.75) is 33.2 Å². The quantitative estimate of drug-likeness (QED) is 0.245. The predicted octanol–water partition coefficient (Wildman–Crippen LogP) is 4.21. The van der Waals surface area contributed by atoms with E-state index < -0.39 is 23.7 Å². The van der Waals surface area contributed by atoms with Crippen LogP contribution in [0.15, 0.2) is 54.4 Å². The molecule has 1 saturated heterocycles. The van der Waals surface area contributed by atoms with Crippen molar-refractivity contribution in [2.24, 2.45) is 0 Å². The summed E-state index contributed by atoms with van der Waals surface area (Å²) in [4.78, 5) is 48.6. The van der Waals surface area contributed by atoms with Gasteiger partial charge in [-0.05, 0) is 43.5 Å². The maximum atomic E-state index is 13.2. The van der Waals surface area contributed by atoms with Crippen molar-refractivity contribution in [1.82, 2.24) is 9.97 Å². The van der Waals surface area contributed by atoms with E-state index in [0.717, 1.165) is 23.3 Å². The van der Waals surface area contributed by atoms with E-state index in [2.05, 4.69) is 9.97 Å². The zero-order valence-electron chi connectivity index (χ0n) is 18.9. The van der Waals surface area contributed by atoms with E-state index >= 15 is 0 Å². The SMILES string of the molecule is CCOC(=O)c1sc(N2C(=O)C(=O)C(=C(O)c3ccncc3)C2c2ccc(CC)cc2)nc1C. The van der Waals surface area contributed by atoms with E-state index in [0.29, 0.717) is 16.8 Å². The smallest absolute Gasteiger partial charge is 0.350 e. The third-order valence-electron chi connectivity index (χ3n) is 5.55. The Bertz CT molecular complexity index is 1280. The molecule has 1 amide bonds. The third kappa shape index (κ3) is 4.10. The van der Waals surface area contributed by atoms with Gasteiger partial charge in [-0.15, -0.1) is 0 Å². The van der Waals surface area contributed by atoms with Crippen molar-refractivity contribution in [3.8, 4) is 0 Å². The molecule has 1 aromatic carbocycles. The number of carbonyl (C=O) groups excluding carboxylic acids is 3. The molecule has 1 fully saturated rings. The lowest BCUT2D eigenvalue weighted by molar-refractivity contribution is -0.132. The van der Waals surface area contributed by atoms with Crippen molar-refractivity contribution in [3.05, 3.63) is 81.6 Å². The Hall–Kier alpha value is -3.85. The maximum absolute atomic E-state index is 13.2. The highest BCUT2D eigenvalue weighted by Crippen LogP contribution is 2.43. The van der Waals surface area contributed by atoms with Gasteiger partial charge in [-0.3, -0.25) is 19.5 Å². The first kappa shape index (κ1) is 23.3. The van der Waals surface area contributed by atoms with Gasteiger partial charge in [0.2, 0.25) is 0 Å². The molecule has 1 aliphatic heterocycles. The number of hydrogen-bond acceptors (Lipinski definition) is 8. The van der Waals surface area contributed by atoms with Gasteiger partial charge >= 0.3 is 11.9 Å². The number of nitrogens with zero attached hydrogens (tertiary/aromatic N) is 3. The molecule has 0 radical (unpaired) electrons. The van der Waals surface area contributed by atoms with Crippen LogP contribution in [-0.2, 0) is 20.7 Å². The van der Waals surface area contributed by atoms with E-state index in [4.69, 9.17) is 4.74 Å². The predicted molar refractivity (Wildman–Crippen MR) is 128 cm³/mol. The van der Waals surface area contributed by atoms with Gasteiger partial charge in [-0.25, -0.2) is 9.78 Å². The molecule has 9 heteroatoms. The zero-order chi connectivity index (χ0) is 24.4. The Kier molecular flexibility index (Phi) is 6.56. The minimum absolute atomic E-state index is 0.0500. The largest absolute Gasteiger partial charge is 0.507 e. The molecule has 1 atom stereocenters. The molecule has 2 aromatic heterocycles. The fraction of sp³-hybridized carbons (Fsp3) is 0.240. The molecule has 8 nitrogen and oxygen atoms in total. The Labute approximate surface area is 200 Å². The molecule has 1 unspecified atom stereocenters. The molecule has 174 valence electrons. The van der Waals surface area contributed by atoms with Gasteiger partial charge in [0.1, 0.15) is 10.6 Å². The molecular formula is C25H23N3O5S. The fourth-order valence-corrected chi connectivity index (χ4v) is 4.80. The Morgan fingerprint density at radius 1 is 1.12 bits per heavy atom. The van der Waals surface area contributed by atoms with Crippen LogP contribution in [-0.4, -0.2) is 39.3 Å². The number of ether oxygens (including phenoxy) is 1. The molecule has 0 saturated carbocycles. The lowest BCUT2D eigenvalue weighted by Crippen LogP contribution is -2.29. The van der Waals surface area contributed by atoms with Gasteiger partial charge in [0, 0.05) is 18.0 Å². The van der Waals surface area contributed by atoms with E-state index in [1.54, 1.807) is 26.0 Å². The molecule has 0 spiro atoms. The number of thiazole rings is 1. The molecule has 1 aliphatic rings. The number of amides is 1. The maximum Gasteiger partial charge on any atom is 0.350 e. The summed E-state index contributed by atoms with van der Waals surface area (Å²) in [5, 5.41) is 11.3. The number of Topliss-reactive ketones (excluding diaryl/α,β-unsaturated/α-hetero) is 1. The molecule has 0 aliphatic carbocycles. The summed E-state index contributed by atoms with van der Waals surface area (Å²) in [6.07, 6.45) is 3.81. The van der Waals surface area contributed by atoms with Crippen LogP contribution < -0.4 is 4.90 Å². The first-order valence-electron chi connectivity index (χ1n) is 10.8. The molecule has 3 aromatic rings. The highest BCUT2D eigenvalue weighted by molar-refractivity contribution is 7.17. The number of esters is 1. The standard InChI is InChI=1S/C25H23N3O5S/c1-4-15-6-8-16(9-7-15)19-18(20(29)17-10-12-26-13-11-17)21(30)23(31)28(19)25-27-14(3)22(34-25)24(32)33-5-2/h6-13,19,29H,4-5H2,1-3H3. The van der Waals surface area contributed by atoms with Crippen LogP contribution >= 0.6 is 11.3 Å². The lowest BCUT2D eigenvalue weighted by Gasteiger charge is -2.23. The minimum atomic E-state index is -0.917. The van der Waals surface area contributed by atoms with Crippen molar-refractivity contribution in [3.63, 3.8) is 0 Å². The van der Waals surface area contributed by atoms with Crippen LogP contribution in [0, 0.1) is 6.92 Å². The van der Waals surface area contributed by atoms with Gasteiger partial charge in [-0.1, -0.05) is 42.5 Å². The first-order valence-corrected chi connectivity index (χ1v) is 11.6. The summed E-state index contributed by atoms with van der Waals surface area (Å²) in [6, 6.07) is 9.69. The fourth-order valence-electron chi connectivity index (χ4n) is 3.82. The summed E-state index contributed by atoms with van der Waals surface area (Å²) in [7, 11) is 0. The van der Waals surface area contributed by atoms with Gasteiger partial charge in [-0.2, -0.15) is 0 Å². The number of carbonyl (C=O) groups is 3. The number of pyridine rings is 1. The molecule has 0 bridgehead atoms. The summed E-state index contributed by atoms with van der Waals surface area (Å²) in [6.45, 7) is 5.57. The van der Waals surface area contributed by atoms with Crippen LogP contribution in [0.4, 0.5) is 5.13 Å². The van der Waals surface area contributed by atoms with Crippen molar-refractivity contribution in [1.29, 1.82) is 0 Å². The number of aryl methyl sites for hydroxylation is 2. The summed E-state index contributed by atoms with van der Waals surface area (Å²) in [5.74, 6) is -2.50. The minimum Gasteiger partial charge on any atom is -0.507 e. The Morgan fingerprint density at radius 2 is 1.79 bits per heavy atom. The lowest BCUT2D eigenvalue weighted by atomic mass is 9.95. The molecule has 34 heavy (non-hydrogen) atoms. The topological polar surface area (TPSA) is 110 Å². The third-order valence-corrected chi connectivity index (χ3v) is 6.69. The number of benzene rings is 1. The van der Waals surface area contributed by atoms with Gasteiger partial charge in [0.25, 0.3) is 5.78 Å². The summed E-state index contributed by atoms with van der Waals surface area (Å²) >= 11 is 0.979. The average molecular weight is 478 g/mol. The first-order chi connectivity index (χ1) is 16.4. The van der Waals surface area contributed by atoms with Gasteiger partial charge in [0.15, 0.2) is 5.13 Å². The van der Waals surface area contributed by atoms with Crippen LogP contribution in [0.5, 0.6) is 0 Å². The van der Waals surface area contributed by atoms with Crippen LogP contribution in [0.3, 0.4) is 0 Å². The van der Waals surface area contributed by atoms with E-state index in [1.807, 2.05) is 31.2 Å². The van der Waals surface area contributed by atoms with Crippen molar-refractivity contribution in [2.75, 3.05) is 11.5 Å². The summed E-state index contributed by atoms with van der Waals surface area (Å²) in [5.41, 5.74) is 2.44. The number of aromatic nitrogens is 2. The molecule has 3 heterocycles. The Morgan fingerprint density at radius 3 is 2.41 bits per heavy atom. The van der Waals surface area contributed by atoms with E-state index in [9.17, 15) is 19.5 Å². The van der Waals surface area contributed by atoms with Crippen LogP contribution in [0.1, 0.15) is 51.9 Å². The monoisotopic (exact) mass is 477 g/mol. The van der Waals surface area contributed by atoms with Gasteiger partial charge < -0.3 is 9.84 Å². The Balaban J connectivity index is 1.90. The molecule has 4 rings (SSSR count).